The molecule has 5 heterocycles. The van der Waals surface area contributed by atoms with E-state index in [1.165, 1.54) is 97.1 Å². The van der Waals surface area contributed by atoms with Crippen molar-refractivity contribution >= 4 is 64.3 Å². The number of nitrogens with one attached hydrogen (secondary N) is 3. The number of hydrogen-bond acceptors (Lipinski definition) is 8. The van der Waals surface area contributed by atoms with Crippen LogP contribution in [0.15, 0.2) is 147 Å². The molecule has 0 amide bonds. The van der Waals surface area contributed by atoms with E-state index in [4.69, 9.17) is 0 Å². The molecule has 20 heteroatoms. The fourth-order valence-electron chi connectivity index (χ4n) is 7.98. The molecule has 1 aliphatic rings. The molecule has 1 aliphatic heterocycles. The number of fused-ring (bicyclic) bond motifs is 8. The molecule has 16 nitrogen and oxygen atoms in total. The minimum atomic E-state index is -4.66. The van der Waals surface area contributed by atoms with Crippen LogP contribution < -0.4 is 21.4 Å². The summed E-state index contributed by atoms with van der Waals surface area (Å²) in [5.74, 6) is 0. The summed E-state index contributed by atoms with van der Waals surface area (Å²) < 4.78 is 140. The van der Waals surface area contributed by atoms with Gasteiger partial charge in [-0.15, -0.1) is 0 Å². The summed E-state index contributed by atoms with van der Waals surface area (Å²) in [7, 11) is -16.8. The summed E-state index contributed by atoms with van der Waals surface area (Å²) in [6.07, 6.45) is 5.58. The summed E-state index contributed by atoms with van der Waals surface area (Å²) in [6.45, 7) is 0. The van der Waals surface area contributed by atoms with Gasteiger partial charge in [-0.3, -0.25) is 18.2 Å². The van der Waals surface area contributed by atoms with Gasteiger partial charge >= 0.3 is 0 Å². The maximum Gasteiger partial charge on any atom is 0.294 e. The lowest BCUT2D eigenvalue weighted by molar-refractivity contribution is 0.481. The Bertz CT molecular complexity index is 3960. The van der Waals surface area contributed by atoms with Crippen molar-refractivity contribution in [1.82, 2.24) is 19.5 Å². The third-order valence-electron chi connectivity index (χ3n) is 10.9. The van der Waals surface area contributed by atoms with Gasteiger partial charge in [-0.1, -0.05) is 48.5 Å². The van der Waals surface area contributed by atoms with Crippen LogP contribution in [-0.2, 0) is 47.5 Å². The van der Waals surface area contributed by atoms with Crippen LogP contribution in [0.3, 0.4) is 0 Å². The fraction of sp³-hybridized carbons (Fsp3) is 0.0222. The Morgan fingerprint density at radius 1 is 0.415 bits per heavy atom. The van der Waals surface area contributed by atoms with E-state index in [2.05, 4.69) is 15.0 Å². The molecule has 4 aromatic carbocycles. The first-order chi connectivity index (χ1) is 30.6. The first-order valence-corrected chi connectivity index (χ1v) is 25.0. The summed E-state index contributed by atoms with van der Waals surface area (Å²) in [4.78, 5) is 8.76. The zero-order valence-corrected chi connectivity index (χ0v) is 36.8. The molecule has 0 spiro atoms. The number of benzene rings is 4. The van der Waals surface area contributed by atoms with E-state index in [0.29, 0.717) is 77.6 Å². The second-order valence-corrected chi connectivity index (χ2v) is 20.8. The third-order valence-corrected chi connectivity index (χ3v) is 14.4. The molecule has 330 valence electrons. The number of hydrogen-bond donors (Lipinski definition) is 7. The predicted molar refractivity (Wildman–Crippen MR) is 241 cm³/mol. The van der Waals surface area contributed by atoms with Crippen LogP contribution in [0.4, 0.5) is 0 Å². The topological polar surface area (TPSA) is 270 Å². The van der Waals surface area contributed by atoms with Crippen LogP contribution in [-0.4, -0.2) is 71.4 Å². The van der Waals surface area contributed by atoms with Crippen molar-refractivity contribution in [3.8, 4) is 33.4 Å². The monoisotopic (exact) mass is 950 g/mol. The lowest BCUT2D eigenvalue weighted by Gasteiger charge is -2.14. The van der Waals surface area contributed by atoms with Crippen molar-refractivity contribution < 1.29 is 51.9 Å². The number of aromatic nitrogens is 4. The molecule has 8 bridgehead atoms. The average Bonchev–Trinajstić information content (AvgIpc) is 4.05. The molecule has 0 atom stereocenters. The van der Waals surface area contributed by atoms with Crippen LogP contribution in [0.25, 0.3) is 57.2 Å². The van der Waals surface area contributed by atoms with Gasteiger partial charge in [0, 0.05) is 57.1 Å². The largest absolute Gasteiger partial charge is 0.355 e. The maximum atomic E-state index is 12.4. The first kappa shape index (κ1) is 43.4. The number of aromatic amines is 3. The minimum Gasteiger partial charge on any atom is -0.355 e. The van der Waals surface area contributed by atoms with Gasteiger partial charge in [-0.2, -0.15) is 33.7 Å². The molecular formula is C45H34N4O12S4. The molecule has 0 aliphatic carbocycles. The first-order valence-electron chi connectivity index (χ1n) is 19.2. The van der Waals surface area contributed by atoms with E-state index in [0.717, 1.165) is 11.0 Å². The van der Waals surface area contributed by atoms with Gasteiger partial charge in [-0.25, -0.2) is 0 Å². The summed E-state index contributed by atoms with van der Waals surface area (Å²) in [5.41, 5.74) is 5.82. The average molecular weight is 951 g/mol. The second-order valence-electron chi connectivity index (χ2n) is 15.1. The maximum absolute atomic E-state index is 12.4. The Balaban J connectivity index is 1.53. The van der Waals surface area contributed by atoms with Gasteiger partial charge in [0.1, 0.15) is 0 Å². The Morgan fingerprint density at radius 2 is 0.815 bits per heavy atom. The lowest BCUT2D eigenvalue weighted by atomic mass is 9.91. The van der Waals surface area contributed by atoms with Crippen molar-refractivity contribution in [2.45, 2.75) is 19.6 Å². The van der Waals surface area contributed by atoms with Crippen molar-refractivity contribution in [1.29, 1.82) is 0 Å². The number of H-pyrrole nitrogens is 3. The van der Waals surface area contributed by atoms with Gasteiger partial charge in [-0.05, 0) is 119 Å². The van der Waals surface area contributed by atoms with E-state index in [-0.39, 0.29) is 9.79 Å². The number of nitrogens with zero attached hydrogens (tertiary/aromatic N) is 1. The zero-order valence-electron chi connectivity index (χ0n) is 33.5. The van der Waals surface area contributed by atoms with E-state index in [1.807, 2.05) is 53.1 Å². The fourth-order valence-corrected chi connectivity index (χ4v) is 9.90. The van der Waals surface area contributed by atoms with Crippen molar-refractivity contribution in [2.75, 3.05) is 0 Å². The highest BCUT2D eigenvalue weighted by molar-refractivity contribution is 7.86. The van der Waals surface area contributed by atoms with E-state index >= 15 is 0 Å². The van der Waals surface area contributed by atoms with Gasteiger partial charge < -0.3 is 19.5 Å². The highest BCUT2D eigenvalue weighted by atomic mass is 32.2. The smallest absolute Gasteiger partial charge is 0.294 e. The van der Waals surface area contributed by atoms with Crippen molar-refractivity contribution in [2.24, 2.45) is 7.05 Å². The zero-order chi connectivity index (χ0) is 46.2. The minimum absolute atomic E-state index is 0.356. The van der Waals surface area contributed by atoms with Crippen molar-refractivity contribution in [3.05, 3.63) is 177 Å². The summed E-state index contributed by atoms with van der Waals surface area (Å²) in [6, 6.07) is 31.1. The second kappa shape index (κ2) is 15.7. The van der Waals surface area contributed by atoms with Crippen LogP contribution in [0, 0.1) is 0 Å². The third kappa shape index (κ3) is 8.47. The Labute approximate surface area is 370 Å². The predicted octanol–water partition coefficient (Wildman–Crippen LogP) is 4.04. The molecule has 0 saturated heterocycles. The lowest BCUT2D eigenvalue weighted by Crippen LogP contribution is -2.27. The van der Waals surface area contributed by atoms with Gasteiger partial charge in [0.2, 0.25) is 0 Å². The molecule has 8 aromatic rings. The van der Waals surface area contributed by atoms with Gasteiger partial charge in [0.25, 0.3) is 40.5 Å². The molecule has 7 N–H and O–H groups in total. The van der Waals surface area contributed by atoms with E-state index in [1.54, 1.807) is 7.05 Å². The summed E-state index contributed by atoms with van der Waals surface area (Å²) >= 11 is 0. The van der Waals surface area contributed by atoms with Gasteiger partial charge in [0.05, 0.1) is 36.0 Å². The van der Waals surface area contributed by atoms with Crippen LogP contribution >= 0.6 is 0 Å². The standard InChI is InChI=1S/C45H34N4O12S4/c1-49-40-25-33-13-12-31(47-33)22-30-10-11-32(46-30)23-34-24-39(26-2-14-35(15-3-26)62(50,51)52)44(48-34)43(29-8-20-38(21-9-29)65(59,60)61)45(49)42(28-6-18-37(19-7-28)64(56,57)58)41(40)27-4-16-36(17-5-27)63(53,54)55/h2-25,46-48H,1H3,(H,50,51,52)(H,53,54,55)(H,56,57,58)(H,59,60,61). The van der Waals surface area contributed by atoms with Crippen molar-refractivity contribution in [3.63, 3.8) is 0 Å². The molecule has 9 rings (SSSR count). The van der Waals surface area contributed by atoms with Gasteiger partial charge in [0.15, 0.2) is 0 Å². The van der Waals surface area contributed by atoms with Crippen LogP contribution in [0.2, 0.25) is 0 Å². The summed E-state index contributed by atoms with van der Waals surface area (Å²) in [5, 5.41) is 2.38. The molecule has 0 radical (unpaired) electrons. The number of rotatable bonds is 8. The molecule has 0 unspecified atom stereocenters. The quantitative estimate of drug-likeness (QED) is 0.106. The Kier molecular flexibility index (Phi) is 10.5. The van der Waals surface area contributed by atoms with E-state index < -0.39 is 50.3 Å². The van der Waals surface area contributed by atoms with Crippen LogP contribution in [0.1, 0.15) is 28.3 Å². The normalized spacial score (nSPS) is 13.2. The SMILES string of the molecule is Cn1c2c(-c3ccc(S(=O)(=O)O)cc3)c(-c3ccc(S(=O)(=O)O)cc3)c1=C(c1ccc(S(=O)(=O)O)cc1)c1[nH]c(cc1-c1ccc(S(=O)(=O)O)cc1)C=c1ccc([nH]1)=Cc1ccc([nH]1)C=2. The molecular weight excluding hydrogens is 917 g/mol. The highest BCUT2D eigenvalue weighted by Crippen LogP contribution is 2.36. The molecule has 4 aromatic heterocycles. The Hall–Kier alpha value is -6.88. The Morgan fingerprint density at radius 3 is 1.28 bits per heavy atom. The highest BCUT2D eigenvalue weighted by Gasteiger charge is 2.26. The van der Waals surface area contributed by atoms with Crippen LogP contribution in [0.5, 0.6) is 0 Å². The molecule has 65 heavy (non-hydrogen) atoms. The molecule has 0 fully saturated rings. The molecule has 0 saturated carbocycles. The van der Waals surface area contributed by atoms with E-state index in [9.17, 15) is 51.9 Å².